The SMILES string of the molecule is COc1cc(OC)nc(SC(COC(=O)c2ccccc2C(=O)OCC(Sc2nc(OC)cc(OC)n2)C(C)(C)C)C(C)(C)C)n1. The molecule has 0 N–H and O–H groups in total. The van der Waals surface area contributed by atoms with Gasteiger partial charge in [-0.1, -0.05) is 77.2 Å². The van der Waals surface area contributed by atoms with Gasteiger partial charge in [0, 0.05) is 0 Å². The van der Waals surface area contributed by atoms with Gasteiger partial charge >= 0.3 is 11.9 Å². The van der Waals surface area contributed by atoms with Gasteiger partial charge in [-0.25, -0.2) is 9.59 Å². The van der Waals surface area contributed by atoms with Crippen LogP contribution in [0.1, 0.15) is 62.3 Å². The van der Waals surface area contributed by atoms with Crippen LogP contribution < -0.4 is 18.9 Å². The molecule has 2 unspecified atom stereocenters. The van der Waals surface area contributed by atoms with E-state index in [0.29, 0.717) is 33.8 Å². The second kappa shape index (κ2) is 16.2. The van der Waals surface area contributed by atoms with Crippen molar-refractivity contribution in [3.8, 4) is 23.5 Å². The molecular weight excluding hydrogens is 633 g/mol. The van der Waals surface area contributed by atoms with Crippen molar-refractivity contribution in [2.24, 2.45) is 10.8 Å². The molecule has 0 fully saturated rings. The summed E-state index contributed by atoms with van der Waals surface area (Å²) >= 11 is 2.68. The molecule has 3 aromatic rings. The molecule has 0 radical (unpaired) electrons. The van der Waals surface area contributed by atoms with Crippen molar-refractivity contribution in [2.75, 3.05) is 41.7 Å². The largest absolute Gasteiger partial charge is 0.481 e. The van der Waals surface area contributed by atoms with Crippen molar-refractivity contribution in [3.05, 3.63) is 47.5 Å². The number of hydrogen-bond acceptors (Lipinski definition) is 14. The fraction of sp³-hybridized carbons (Fsp3) is 0.500. The van der Waals surface area contributed by atoms with Crippen LogP contribution in [0.3, 0.4) is 0 Å². The maximum absolute atomic E-state index is 13.4. The normalized spacial score (nSPS) is 12.9. The summed E-state index contributed by atoms with van der Waals surface area (Å²) in [7, 11) is 6.04. The lowest BCUT2D eigenvalue weighted by atomic mass is 9.92. The summed E-state index contributed by atoms with van der Waals surface area (Å²) in [5.41, 5.74) is -0.408. The first-order chi connectivity index (χ1) is 21.7. The minimum Gasteiger partial charge on any atom is -0.481 e. The molecule has 250 valence electrons. The Kier molecular flexibility index (Phi) is 12.9. The van der Waals surface area contributed by atoms with Crippen molar-refractivity contribution >= 4 is 35.5 Å². The number of hydrogen-bond donors (Lipinski definition) is 0. The molecule has 2 atom stereocenters. The van der Waals surface area contributed by atoms with Crippen molar-refractivity contribution in [1.29, 1.82) is 0 Å². The molecule has 0 amide bonds. The zero-order valence-electron chi connectivity index (χ0n) is 27.9. The van der Waals surface area contributed by atoms with Crippen LogP contribution in [-0.2, 0) is 9.47 Å². The van der Waals surface area contributed by atoms with Crippen LogP contribution in [0, 0.1) is 10.8 Å². The van der Waals surface area contributed by atoms with E-state index in [4.69, 9.17) is 28.4 Å². The average Bonchev–Trinajstić information content (AvgIpc) is 3.02. The number of rotatable bonds is 14. The zero-order valence-corrected chi connectivity index (χ0v) is 29.5. The minimum atomic E-state index is -0.648. The summed E-state index contributed by atoms with van der Waals surface area (Å²) < 4.78 is 32.6. The highest BCUT2D eigenvalue weighted by Crippen LogP contribution is 2.37. The van der Waals surface area contributed by atoms with E-state index in [2.05, 4.69) is 19.9 Å². The topological polar surface area (TPSA) is 141 Å². The number of aromatic nitrogens is 4. The predicted octanol–water partition coefficient (Wildman–Crippen LogP) is 6.03. The summed E-state index contributed by atoms with van der Waals surface area (Å²) in [5.74, 6) is 0.127. The van der Waals surface area contributed by atoms with E-state index in [1.165, 1.54) is 52.0 Å². The van der Waals surface area contributed by atoms with E-state index >= 15 is 0 Å². The van der Waals surface area contributed by atoms with Gasteiger partial charge in [-0.3, -0.25) is 0 Å². The number of carbonyl (C=O) groups excluding carboxylic acids is 2. The fourth-order valence-corrected chi connectivity index (χ4v) is 5.82. The zero-order chi connectivity index (χ0) is 34.1. The number of carbonyl (C=O) groups is 2. The molecule has 2 heterocycles. The van der Waals surface area contributed by atoms with Gasteiger partial charge in [0.1, 0.15) is 13.2 Å². The third-order valence-electron chi connectivity index (χ3n) is 6.68. The van der Waals surface area contributed by atoms with Crippen LogP contribution in [0.4, 0.5) is 0 Å². The minimum absolute atomic E-state index is 0.0337. The van der Waals surface area contributed by atoms with Crippen LogP contribution in [0.2, 0.25) is 0 Å². The Hall–Kier alpha value is -3.78. The van der Waals surface area contributed by atoms with Gasteiger partial charge in [0.25, 0.3) is 0 Å². The first-order valence-electron chi connectivity index (χ1n) is 14.4. The first-order valence-corrected chi connectivity index (χ1v) is 16.1. The molecule has 0 saturated heterocycles. The lowest BCUT2D eigenvalue weighted by Gasteiger charge is -2.29. The molecule has 46 heavy (non-hydrogen) atoms. The van der Waals surface area contributed by atoms with Gasteiger partial charge in [-0.05, 0) is 23.0 Å². The standard InChI is InChI=1S/C32H42N4O8S2/c1-31(2,3)21(45-29-33-23(39-7)15-24(34-29)40-8)17-43-27(37)19-13-11-12-14-20(19)28(38)44-18-22(32(4,5)6)46-30-35-25(41-9)16-26(36-30)42-10/h11-16,21-22H,17-18H2,1-10H3. The summed E-state index contributed by atoms with van der Waals surface area (Å²) in [4.78, 5) is 44.3. The number of benzene rings is 1. The highest BCUT2D eigenvalue weighted by molar-refractivity contribution is 8.00. The van der Waals surface area contributed by atoms with Gasteiger partial charge in [0.05, 0.1) is 62.2 Å². The molecule has 12 nitrogen and oxygen atoms in total. The molecular formula is C32H42N4O8S2. The number of methoxy groups -OCH3 is 4. The number of ether oxygens (including phenoxy) is 6. The van der Waals surface area contributed by atoms with Crippen molar-refractivity contribution in [2.45, 2.75) is 62.4 Å². The second-order valence-electron chi connectivity index (χ2n) is 12.2. The summed E-state index contributed by atoms with van der Waals surface area (Å²) in [6.45, 7) is 12.2. The molecule has 1 aromatic carbocycles. The highest BCUT2D eigenvalue weighted by atomic mass is 32.2. The van der Waals surface area contributed by atoms with Crippen LogP contribution in [0.15, 0.2) is 46.7 Å². The Balaban J connectivity index is 1.74. The van der Waals surface area contributed by atoms with Gasteiger partial charge in [0.2, 0.25) is 23.5 Å². The maximum Gasteiger partial charge on any atom is 0.339 e. The third-order valence-corrected chi connectivity index (χ3v) is 9.72. The smallest absolute Gasteiger partial charge is 0.339 e. The predicted molar refractivity (Wildman–Crippen MR) is 175 cm³/mol. The second-order valence-corrected chi connectivity index (χ2v) is 14.5. The molecule has 3 rings (SSSR count). The van der Waals surface area contributed by atoms with E-state index in [1.807, 2.05) is 41.5 Å². The van der Waals surface area contributed by atoms with Crippen molar-refractivity contribution in [3.63, 3.8) is 0 Å². The molecule has 2 aromatic heterocycles. The fourth-order valence-electron chi connectivity index (χ4n) is 3.76. The van der Waals surface area contributed by atoms with Gasteiger partial charge in [-0.15, -0.1) is 0 Å². The van der Waals surface area contributed by atoms with Crippen LogP contribution in [0.25, 0.3) is 0 Å². The average molecular weight is 675 g/mol. The molecule has 0 aliphatic carbocycles. The van der Waals surface area contributed by atoms with Crippen molar-refractivity contribution in [1.82, 2.24) is 19.9 Å². The first kappa shape index (κ1) is 36.7. The van der Waals surface area contributed by atoms with Crippen LogP contribution in [-0.4, -0.2) is 84.0 Å². The molecule has 0 bridgehead atoms. The van der Waals surface area contributed by atoms with E-state index in [-0.39, 0.29) is 45.7 Å². The Bertz CT molecular complexity index is 1340. The van der Waals surface area contributed by atoms with E-state index in [0.717, 1.165) is 0 Å². The summed E-state index contributed by atoms with van der Waals surface area (Å²) in [6, 6.07) is 9.58. The van der Waals surface area contributed by atoms with Gasteiger partial charge in [-0.2, -0.15) is 19.9 Å². The number of esters is 2. The van der Waals surface area contributed by atoms with E-state index in [1.54, 1.807) is 36.4 Å². The van der Waals surface area contributed by atoms with E-state index < -0.39 is 11.9 Å². The number of thioether (sulfide) groups is 2. The van der Waals surface area contributed by atoms with Crippen LogP contribution >= 0.6 is 23.5 Å². The Morgan fingerprint density at radius 1 is 0.609 bits per heavy atom. The molecule has 0 aliphatic heterocycles. The Morgan fingerprint density at radius 3 is 1.17 bits per heavy atom. The summed E-state index contributed by atoms with van der Waals surface area (Å²) in [6.07, 6.45) is 0. The lowest BCUT2D eigenvalue weighted by molar-refractivity contribution is 0.0427. The van der Waals surface area contributed by atoms with Crippen LogP contribution in [0.5, 0.6) is 23.5 Å². The van der Waals surface area contributed by atoms with Gasteiger partial charge < -0.3 is 28.4 Å². The Morgan fingerprint density at radius 2 is 0.913 bits per heavy atom. The number of nitrogens with zero attached hydrogens (tertiary/aromatic N) is 4. The maximum atomic E-state index is 13.4. The molecule has 0 aliphatic rings. The van der Waals surface area contributed by atoms with Crippen molar-refractivity contribution < 1.29 is 38.0 Å². The summed E-state index contributed by atoms with van der Waals surface area (Å²) in [5, 5.41) is 0.351. The third kappa shape index (κ3) is 10.4. The molecule has 0 spiro atoms. The monoisotopic (exact) mass is 674 g/mol. The van der Waals surface area contributed by atoms with E-state index in [9.17, 15) is 9.59 Å². The highest BCUT2D eigenvalue weighted by Gasteiger charge is 2.32. The quantitative estimate of drug-likeness (QED) is 0.112. The Labute approximate surface area is 278 Å². The van der Waals surface area contributed by atoms with Gasteiger partial charge in [0.15, 0.2) is 10.3 Å². The lowest BCUT2D eigenvalue weighted by Crippen LogP contribution is -2.31. The molecule has 0 saturated carbocycles. The molecule has 14 heteroatoms.